The first-order valence-electron chi connectivity index (χ1n) is 7.35. The minimum atomic E-state index is -0.738. The molecule has 1 aromatic carbocycles. The van der Waals surface area contributed by atoms with Crippen LogP contribution < -0.4 is 5.73 Å². The van der Waals surface area contributed by atoms with Gasteiger partial charge in [0.15, 0.2) is 0 Å². The van der Waals surface area contributed by atoms with Crippen molar-refractivity contribution in [1.29, 1.82) is 0 Å². The molecule has 1 heterocycles. The van der Waals surface area contributed by atoms with E-state index in [2.05, 4.69) is 0 Å². The number of nitrogens with zero attached hydrogens (tertiary/aromatic N) is 1. The second kappa shape index (κ2) is 6.37. The third-order valence-corrected chi connectivity index (χ3v) is 4.21. The fourth-order valence-corrected chi connectivity index (χ4v) is 2.57. The van der Waals surface area contributed by atoms with Gasteiger partial charge >= 0.3 is 0 Å². The van der Waals surface area contributed by atoms with Crippen molar-refractivity contribution in [2.75, 3.05) is 19.7 Å². The highest BCUT2D eigenvalue weighted by atomic mass is 16.5. The number of nitrogens with two attached hydrogens (primary N) is 1. The molecule has 2 N–H and O–H groups in total. The molecular weight excluding hydrogens is 252 g/mol. The van der Waals surface area contributed by atoms with Gasteiger partial charge in [0.05, 0.1) is 18.7 Å². The maximum absolute atomic E-state index is 12.6. The number of hydrogen-bond donors (Lipinski definition) is 1. The lowest BCUT2D eigenvalue weighted by Crippen LogP contribution is -2.57. The molecule has 0 aliphatic carbocycles. The van der Waals surface area contributed by atoms with Crippen LogP contribution in [0.25, 0.3) is 0 Å². The first kappa shape index (κ1) is 15.0. The predicted molar refractivity (Wildman–Crippen MR) is 79.2 cm³/mol. The molecule has 0 spiro atoms. The zero-order valence-corrected chi connectivity index (χ0v) is 12.3. The van der Waals surface area contributed by atoms with Crippen molar-refractivity contribution < 1.29 is 9.53 Å². The average molecular weight is 276 g/mol. The third-order valence-electron chi connectivity index (χ3n) is 4.21. The molecule has 0 bridgehead atoms. The number of hydrogen-bond acceptors (Lipinski definition) is 3. The van der Waals surface area contributed by atoms with Crippen LogP contribution in [0, 0.1) is 0 Å². The van der Waals surface area contributed by atoms with Crippen LogP contribution in [0.2, 0.25) is 0 Å². The van der Waals surface area contributed by atoms with Crippen molar-refractivity contribution in [1.82, 2.24) is 4.90 Å². The van der Waals surface area contributed by atoms with Gasteiger partial charge in [-0.2, -0.15) is 0 Å². The number of carbonyl (C=O) groups excluding carboxylic acids is 1. The molecule has 0 aromatic heterocycles. The summed E-state index contributed by atoms with van der Waals surface area (Å²) in [6, 6.07) is 10.0. The van der Waals surface area contributed by atoms with E-state index >= 15 is 0 Å². The molecule has 20 heavy (non-hydrogen) atoms. The van der Waals surface area contributed by atoms with Crippen LogP contribution in [0.4, 0.5) is 0 Å². The lowest BCUT2D eigenvalue weighted by molar-refractivity contribution is -0.145. The summed E-state index contributed by atoms with van der Waals surface area (Å²) in [6.45, 7) is 5.71. The summed E-state index contributed by atoms with van der Waals surface area (Å²) in [6.07, 6.45) is 1.28. The van der Waals surface area contributed by atoms with Crippen molar-refractivity contribution in [3.63, 3.8) is 0 Å². The highest BCUT2D eigenvalue weighted by molar-refractivity contribution is 5.86. The zero-order chi connectivity index (χ0) is 14.6. The van der Waals surface area contributed by atoms with Crippen LogP contribution in [0.15, 0.2) is 30.3 Å². The Kier molecular flexibility index (Phi) is 4.78. The predicted octanol–water partition coefficient (Wildman–Crippen LogP) is 2.10. The van der Waals surface area contributed by atoms with Crippen molar-refractivity contribution in [2.45, 2.75) is 38.3 Å². The summed E-state index contributed by atoms with van der Waals surface area (Å²) in [5.74, 6) is 0.0479. The maximum atomic E-state index is 12.6. The molecule has 1 amide bonds. The van der Waals surface area contributed by atoms with E-state index in [9.17, 15) is 4.79 Å². The Morgan fingerprint density at radius 1 is 1.35 bits per heavy atom. The molecular formula is C16H24N2O2. The second-order valence-corrected chi connectivity index (χ2v) is 5.38. The van der Waals surface area contributed by atoms with Gasteiger partial charge in [-0.15, -0.1) is 0 Å². The molecule has 0 radical (unpaired) electrons. The molecule has 4 heteroatoms. The topological polar surface area (TPSA) is 55.6 Å². The number of ether oxygens (including phenoxy) is 1. The Morgan fingerprint density at radius 2 is 2.00 bits per heavy atom. The fraction of sp³-hybridized carbons (Fsp3) is 0.562. The molecule has 1 aliphatic heterocycles. The first-order valence-corrected chi connectivity index (χ1v) is 7.35. The van der Waals surface area contributed by atoms with Crippen LogP contribution in [0.3, 0.4) is 0 Å². The van der Waals surface area contributed by atoms with Gasteiger partial charge in [0.2, 0.25) is 5.91 Å². The fourth-order valence-electron chi connectivity index (χ4n) is 2.57. The SMILES string of the molecule is CCC(N)(CC)C(=O)N1CCOC(c2ccccc2)C1. The van der Waals surface area contributed by atoms with Crippen LogP contribution in [0.5, 0.6) is 0 Å². The zero-order valence-electron chi connectivity index (χ0n) is 12.3. The van der Waals surface area contributed by atoms with Crippen molar-refractivity contribution >= 4 is 5.91 Å². The van der Waals surface area contributed by atoms with Crippen molar-refractivity contribution in [3.05, 3.63) is 35.9 Å². The quantitative estimate of drug-likeness (QED) is 0.916. The average Bonchev–Trinajstić information content (AvgIpc) is 2.54. The van der Waals surface area contributed by atoms with Gasteiger partial charge in [-0.05, 0) is 18.4 Å². The third kappa shape index (κ3) is 3.02. The highest BCUT2D eigenvalue weighted by Crippen LogP contribution is 2.24. The van der Waals surface area contributed by atoms with E-state index in [4.69, 9.17) is 10.5 Å². The van der Waals surface area contributed by atoms with Crippen LogP contribution >= 0.6 is 0 Å². The van der Waals surface area contributed by atoms with E-state index in [1.165, 1.54) is 0 Å². The summed E-state index contributed by atoms with van der Waals surface area (Å²) in [5.41, 5.74) is 6.60. The van der Waals surface area contributed by atoms with Crippen molar-refractivity contribution in [2.24, 2.45) is 5.73 Å². The van der Waals surface area contributed by atoms with Gasteiger partial charge in [-0.3, -0.25) is 4.79 Å². The second-order valence-electron chi connectivity index (χ2n) is 5.38. The Labute approximate surface area is 120 Å². The summed E-state index contributed by atoms with van der Waals surface area (Å²) in [4.78, 5) is 14.5. The van der Waals surface area contributed by atoms with E-state index in [0.717, 1.165) is 5.56 Å². The Bertz CT molecular complexity index is 443. The van der Waals surface area contributed by atoms with Crippen LogP contribution in [-0.2, 0) is 9.53 Å². The van der Waals surface area contributed by atoms with Crippen LogP contribution in [-0.4, -0.2) is 36.0 Å². The smallest absolute Gasteiger partial charge is 0.242 e. The van der Waals surface area contributed by atoms with Crippen molar-refractivity contribution in [3.8, 4) is 0 Å². The van der Waals surface area contributed by atoms with E-state index < -0.39 is 5.54 Å². The van der Waals surface area contributed by atoms with Gasteiger partial charge in [0.1, 0.15) is 6.10 Å². The molecule has 4 nitrogen and oxygen atoms in total. The molecule has 0 saturated carbocycles. The maximum Gasteiger partial charge on any atom is 0.242 e. The lowest BCUT2D eigenvalue weighted by atomic mass is 9.92. The molecule has 2 rings (SSSR count). The summed E-state index contributed by atoms with van der Waals surface area (Å²) >= 11 is 0. The van der Waals surface area contributed by atoms with E-state index in [1.807, 2.05) is 49.1 Å². The van der Waals surface area contributed by atoms with Gasteiger partial charge in [-0.1, -0.05) is 44.2 Å². The summed E-state index contributed by atoms with van der Waals surface area (Å²) in [5, 5.41) is 0. The Balaban J connectivity index is 2.09. The number of amides is 1. The van der Waals surface area contributed by atoms with Gasteiger partial charge < -0.3 is 15.4 Å². The monoisotopic (exact) mass is 276 g/mol. The van der Waals surface area contributed by atoms with Gasteiger partial charge in [-0.25, -0.2) is 0 Å². The van der Waals surface area contributed by atoms with E-state index in [0.29, 0.717) is 32.5 Å². The van der Waals surface area contributed by atoms with Crippen LogP contribution in [0.1, 0.15) is 38.4 Å². The molecule has 1 atom stereocenters. The molecule has 1 saturated heterocycles. The number of rotatable bonds is 4. The number of carbonyl (C=O) groups is 1. The van der Waals surface area contributed by atoms with E-state index in [1.54, 1.807) is 0 Å². The molecule has 110 valence electrons. The number of morpholine rings is 1. The highest BCUT2D eigenvalue weighted by Gasteiger charge is 2.36. The molecule has 1 aliphatic rings. The summed E-state index contributed by atoms with van der Waals surface area (Å²) in [7, 11) is 0. The standard InChI is InChI=1S/C16H24N2O2/c1-3-16(17,4-2)15(19)18-10-11-20-14(12-18)13-8-6-5-7-9-13/h5-9,14H,3-4,10-12,17H2,1-2H3. The van der Waals surface area contributed by atoms with Gasteiger partial charge in [0.25, 0.3) is 0 Å². The largest absolute Gasteiger partial charge is 0.370 e. The minimum absolute atomic E-state index is 0.0479. The molecule has 1 aromatic rings. The summed E-state index contributed by atoms with van der Waals surface area (Å²) < 4.78 is 5.79. The Hall–Kier alpha value is -1.39. The minimum Gasteiger partial charge on any atom is -0.370 e. The molecule has 1 unspecified atom stereocenters. The van der Waals surface area contributed by atoms with Gasteiger partial charge in [0, 0.05) is 6.54 Å². The first-order chi connectivity index (χ1) is 9.60. The van der Waals surface area contributed by atoms with E-state index in [-0.39, 0.29) is 12.0 Å². The molecule has 1 fully saturated rings. The lowest BCUT2D eigenvalue weighted by Gasteiger charge is -2.38. The Morgan fingerprint density at radius 3 is 2.60 bits per heavy atom. The number of benzene rings is 1. The normalized spacial score (nSPS) is 19.9.